The van der Waals surface area contributed by atoms with E-state index in [0.29, 0.717) is 12.6 Å². The maximum absolute atomic E-state index is 5.59. The maximum Gasteiger partial charge on any atom is 0.0721 e. The first-order chi connectivity index (χ1) is 5.38. The predicted octanol–water partition coefficient (Wildman–Crippen LogP) is 1.54. The van der Waals surface area contributed by atoms with Crippen LogP contribution < -0.4 is 5.73 Å². The van der Waals surface area contributed by atoms with Gasteiger partial charge in [-0.15, -0.1) is 0 Å². The minimum Gasteiger partial charge on any atom is -0.380 e. The summed E-state index contributed by atoms with van der Waals surface area (Å²) >= 11 is 0. The van der Waals surface area contributed by atoms with Crippen molar-refractivity contribution in [1.29, 1.82) is 0 Å². The minimum atomic E-state index is 0.315. The fourth-order valence-electron chi connectivity index (χ4n) is 1.99. The van der Waals surface area contributed by atoms with E-state index in [9.17, 15) is 0 Å². The van der Waals surface area contributed by atoms with Gasteiger partial charge in [0.25, 0.3) is 0 Å². The van der Waals surface area contributed by atoms with Crippen molar-refractivity contribution >= 4 is 0 Å². The van der Waals surface area contributed by atoms with Crippen LogP contribution in [0.4, 0.5) is 0 Å². The van der Waals surface area contributed by atoms with Gasteiger partial charge in [-0.25, -0.2) is 0 Å². The summed E-state index contributed by atoms with van der Waals surface area (Å²) < 4.78 is 5.31. The smallest absolute Gasteiger partial charge is 0.0721 e. The van der Waals surface area contributed by atoms with Crippen LogP contribution in [0.25, 0.3) is 0 Å². The second kappa shape index (κ2) is 4.73. The molecule has 1 aliphatic carbocycles. The van der Waals surface area contributed by atoms with Crippen LogP contribution in [-0.2, 0) is 4.74 Å². The number of methoxy groups -OCH3 is 1. The maximum atomic E-state index is 5.59. The lowest BCUT2D eigenvalue weighted by Crippen LogP contribution is -2.32. The average molecular weight is 157 g/mol. The van der Waals surface area contributed by atoms with E-state index < -0.39 is 0 Å². The Morgan fingerprint density at radius 1 is 1.36 bits per heavy atom. The van der Waals surface area contributed by atoms with Crippen LogP contribution in [-0.4, -0.2) is 19.8 Å². The summed E-state index contributed by atoms with van der Waals surface area (Å²) in [6.45, 7) is 0.682. The summed E-state index contributed by atoms with van der Waals surface area (Å²) in [5.41, 5.74) is 5.59. The molecular weight excluding hydrogens is 138 g/mol. The van der Waals surface area contributed by atoms with Crippen LogP contribution in [0.1, 0.15) is 32.1 Å². The second-order valence-corrected chi connectivity index (χ2v) is 3.41. The van der Waals surface area contributed by atoms with Gasteiger partial charge < -0.3 is 10.5 Å². The first-order valence-corrected chi connectivity index (χ1v) is 4.61. The zero-order valence-electron chi connectivity index (χ0n) is 7.38. The molecule has 1 atom stereocenters. The summed E-state index contributed by atoms with van der Waals surface area (Å²) in [6, 6.07) is 0. The third-order valence-corrected chi connectivity index (χ3v) is 2.71. The lowest BCUT2D eigenvalue weighted by Gasteiger charge is -2.28. The van der Waals surface area contributed by atoms with Gasteiger partial charge >= 0.3 is 0 Å². The number of hydrogen-bond donors (Lipinski definition) is 1. The van der Waals surface area contributed by atoms with Crippen LogP contribution in [0, 0.1) is 5.92 Å². The molecule has 1 fully saturated rings. The van der Waals surface area contributed by atoms with Gasteiger partial charge in [-0.05, 0) is 18.8 Å². The molecule has 0 heterocycles. The first-order valence-electron chi connectivity index (χ1n) is 4.61. The van der Waals surface area contributed by atoms with Crippen molar-refractivity contribution in [2.24, 2.45) is 11.7 Å². The fraction of sp³-hybridized carbons (Fsp3) is 1.00. The normalized spacial score (nSPS) is 23.5. The van der Waals surface area contributed by atoms with Gasteiger partial charge in [-0.2, -0.15) is 0 Å². The minimum absolute atomic E-state index is 0.315. The van der Waals surface area contributed by atoms with Crippen LogP contribution >= 0.6 is 0 Å². The number of rotatable bonds is 3. The third-order valence-electron chi connectivity index (χ3n) is 2.71. The Hall–Kier alpha value is -0.0800. The van der Waals surface area contributed by atoms with Crippen molar-refractivity contribution < 1.29 is 4.74 Å². The molecule has 0 saturated heterocycles. The molecule has 0 spiro atoms. The van der Waals surface area contributed by atoms with Crippen molar-refractivity contribution in [3.63, 3.8) is 0 Å². The molecule has 1 rings (SSSR count). The Balaban J connectivity index is 2.30. The highest BCUT2D eigenvalue weighted by molar-refractivity contribution is 4.74. The van der Waals surface area contributed by atoms with E-state index in [1.165, 1.54) is 32.1 Å². The third kappa shape index (κ3) is 2.46. The first kappa shape index (κ1) is 9.01. The monoisotopic (exact) mass is 157 g/mol. The molecule has 0 aliphatic heterocycles. The van der Waals surface area contributed by atoms with E-state index in [1.807, 2.05) is 0 Å². The topological polar surface area (TPSA) is 35.2 Å². The molecule has 0 aromatic carbocycles. The van der Waals surface area contributed by atoms with Crippen molar-refractivity contribution in [3.8, 4) is 0 Å². The van der Waals surface area contributed by atoms with E-state index in [4.69, 9.17) is 10.5 Å². The summed E-state index contributed by atoms with van der Waals surface area (Å²) in [5, 5.41) is 0. The van der Waals surface area contributed by atoms with Gasteiger partial charge in [0.1, 0.15) is 0 Å². The summed E-state index contributed by atoms with van der Waals surface area (Å²) in [7, 11) is 1.77. The molecule has 0 unspecified atom stereocenters. The van der Waals surface area contributed by atoms with Crippen molar-refractivity contribution in [3.05, 3.63) is 0 Å². The van der Waals surface area contributed by atoms with E-state index in [2.05, 4.69) is 0 Å². The molecule has 66 valence electrons. The molecule has 1 aliphatic rings. The SMILES string of the molecule is CO[C@H](CN)C1CCCCC1. The van der Waals surface area contributed by atoms with Gasteiger partial charge in [0, 0.05) is 13.7 Å². The Labute approximate surface area is 69.1 Å². The lowest BCUT2D eigenvalue weighted by molar-refractivity contribution is 0.0432. The Kier molecular flexibility index (Phi) is 3.87. The van der Waals surface area contributed by atoms with Gasteiger partial charge in [0.15, 0.2) is 0 Å². The molecule has 2 nitrogen and oxygen atoms in total. The molecule has 0 amide bonds. The Morgan fingerprint density at radius 2 is 2.00 bits per heavy atom. The van der Waals surface area contributed by atoms with Crippen LogP contribution in [0.5, 0.6) is 0 Å². The molecule has 1 saturated carbocycles. The second-order valence-electron chi connectivity index (χ2n) is 3.41. The summed E-state index contributed by atoms with van der Waals surface area (Å²) in [6.07, 6.45) is 7.08. The van der Waals surface area contributed by atoms with Crippen LogP contribution in [0.3, 0.4) is 0 Å². The van der Waals surface area contributed by atoms with E-state index in [0.717, 1.165) is 5.92 Å². The molecule has 0 aromatic rings. The quantitative estimate of drug-likeness (QED) is 0.674. The highest BCUT2D eigenvalue weighted by atomic mass is 16.5. The van der Waals surface area contributed by atoms with Crippen LogP contribution in [0.2, 0.25) is 0 Å². The van der Waals surface area contributed by atoms with Crippen molar-refractivity contribution in [2.75, 3.05) is 13.7 Å². The highest BCUT2D eigenvalue weighted by Gasteiger charge is 2.21. The molecule has 0 aromatic heterocycles. The molecule has 2 N–H and O–H groups in total. The Morgan fingerprint density at radius 3 is 2.45 bits per heavy atom. The lowest BCUT2D eigenvalue weighted by atomic mass is 9.85. The van der Waals surface area contributed by atoms with Gasteiger partial charge in [0.05, 0.1) is 6.10 Å². The zero-order chi connectivity index (χ0) is 8.10. The standard InChI is InChI=1S/C9H19NO/c1-11-9(7-10)8-5-3-2-4-6-8/h8-9H,2-7,10H2,1H3/t9-/m1/s1. The molecule has 0 radical (unpaired) electrons. The average Bonchev–Trinajstić information content (AvgIpc) is 2.09. The van der Waals surface area contributed by atoms with E-state index >= 15 is 0 Å². The largest absolute Gasteiger partial charge is 0.380 e. The van der Waals surface area contributed by atoms with E-state index in [1.54, 1.807) is 7.11 Å². The summed E-state index contributed by atoms with van der Waals surface area (Å²) in [4.78, 5) is 0. The molecule has 11 heavy (non-hydrogen) atoms. The molecule has 0 bridgehead atoms. The van der Waals surface area contributed by atoms with Crippen molar-refractivity contribution in [2.45, 2.75) is 38.2 Å². The Bertz CT molecular complexity index is 95.7. The highest BCUT2D eigenvalue weighted by Crippen LogP contribution is 2.27. The molecule has 2 heteroatoms. The fourth-order valence-corrected chi connectivity index (χ4v) is 1.99. The zero-order valence-corrected chi connectivity index (χ0v) is 7.38. The summed E-state index contributed by atoms with van der Waals surface area (Å²) in [5.74, 6) is 0.735. The van der Waals surface area contributed by atoms with Crippen molar-refractivity contribution in [1.82, 2.24) is 0 Å². The molecular formula is C9H19NO. The van der Waals surface area contributed by atoms with Gasteiger partial charge in [-0.1, -0.05) is 19.3 Å². The van der Waals surface area contributed by atoms with E-state index in [-0.39, 0.29) is 0 Å². The van der Waals surface area contributed by atoms with Gasteiger partial charge in [0.2, 0.25) is 0 Å². The predicted molar refractivity (Wildman–Crippen MR) is 46.4 cm³/mol. The van der Waals surface area contributed by atoms with Crippen LogP contribution in [0.15, 0.2) is 0 Å². The number of ether oxygens (including phenoxy) is 1. The number of nitrogens with two attached hydrogens (primary N) is 1. The number of hydrogen-bond acceptors (Lipinski definition) is 2. The van der Waals surface area contributed by atoms with Gasteiger partial charge in [-0.3, -0.25) is 0 Å².